The van der Waals surface area contributed by atoms with Gasteiger partial charge in [0.05, 0.1) is 11.4 Å². The van der Waals surface area contributed by atoms with Crippen LogP contribution >= 0.6 is 22.9 Å². The number of ether oxygens (including phenoxy) is 1. The van der Waals surface area contributed by atoms with Gasteiger partial charge in [0.1, 0.15) is 12.4 Å². The van der Waals surface area contributed by atoms with E-state index in [2.05, 4.69) is 5.10 Å². The third-order valence-electron chi connectivity index (χ3n) is 2.72. The Morgan fingerprint density at radius 2 is 2.10 bits per heavy atom. The van der Waals surface area contributed by atoms with E-state index in [0.29, 0.717) is 29.8 Å². The number of halogens is 1. The second-order valence-electron chi connectivity index (χ2n) is 4.18. The Labute approximate surface area is 129 Å². The lowest BCUT2D eigenvalue weighted by Crippen LogP contribution is -2.20. The molecule has 0 bridgehead atoms. The van der Waals surface area contributed by atoms with Crippen molar-refractivity contribution in [1.29, 1.82) is 0 Å². The second kappa shape index (κ2) is 6.15. The molecule has 2 aromatic heterocycles. The van der Waals surface area contributed by atoms with Crippen LogP contribution in [0, 0.1) is 0 Å². The lowest BCUT2D eigenvalue weighted by atomic mass is 10.3. The fraction of sp³-hybridized carbons (Fsp3) is 0.143. The zero-order valence-corrected chi connectivity index (χ0v) is 12.4. The van der Waals surface area contributed by atoms with Crippen LogP contribution < -0.4 is 10.5 Å². The average Bonchev–Trinajstić information content (AvgIpc) is 3.11. The van der Waals surface area contributed by atoms with E-state index in [1.807, 2.05) is 17.5 Å². The summed E-state index contributed by atoms with van der Waals surface area (Å²) in [5, 5.41) is 6.69. The predicted octanol–water partition coefficient (Wildman–Crippen LogP) is 3.30. The molecule has 0 unspecified atom stereocenters. The Morgan fingerprint density at radius 3 is 2.81 bits per heavy atom. The van der Waals surface area contributed by atoms with Crippen molar-refractivity contribution >= 4 is 22.9 Å². The van der Waals surface area contributed by atoms with Gasteiger partial charge >= 0.3 is 5.76 Å². The summed E-state index contributed by atoms with van der Waals surface area (Å²) in [4.78, 5) is 12.5. The topological polar surface area (TPSA) is 57.3 Å². The summed E-state index contributed by atoms with van der Waals surface area (Å²) in [6.07, 6.45) is 0. The average molecular weight is 323 g/mol. The minimum absolute atomic E-state index is 0.316. The molecule has 0 aliphatic heterocycles. The molecule has 5 nitrogen and oxygen atoms in total. The monoisotopic (exact) mass is 322 g/mol. The number of rotatable bonds is 5. The van der Waals surface area contributed by atoms with E-state index in [-0.39, 0.29) is 0 Å². The van der Waals surface area contributed by atoms with Crippen molar-refractivity contribution in [3.05, 3.63) is 57.4 Å². The highest BCUT2D eigenvalue weighted by atomic mass is 35.5. The van der Waals surface area contributed by atoms with Gasteiger partial charge in [-0.15, -0.1) is 16.4 Å². The number of thiophene rings is 1. The van der Waals surface area contributed by atoms with Crippen molar-refractivity contribution in [2.45, 2.75) is 6.54 Å². The van der Waals surface area contributed by atoms with E-state index < -0.39 is 5.76 Å². The van der Waals surface area contributed by atoms with Crippen LogP contribution in [0.2, 0.25) is 5.02 Å². The fourth-order valence-corrected chi connectivity index (χ4v) is 2.50. The maximum atomic E-state index is 11.7. The first-order chi connectivity index (χ1) is 10.2. The van der Waals surface area contributed by atoms with Crippen LogP contribution in [0.3, 0.4) is 0 Å². The molecule has 0 aliphatic rings. The minimum atomic E-state index is -0.488. The van der Waals surface area contributed by atoms with Gasteiger partial charge < -0.3 is 9.15 Å². The molecule has 0 saturated carbocycles. The zero-order chi connectivity index (χ0) is 14.7. The molecule has 0 amide bonds. The minimum Gasteiger partial charge on any atom is -0.492 e. The molecule has 0 atom stereocenters. The van der Waals surface area contributed by atoms with Crippen molar-refractivity contribution in [3.8, 4) is 16.5 Å². The molecule has 1 aromatic carbocycles. The van der Waals surface area contributed by atoms with Crippen molar-refractivity contribution in [2.75, 3.05) is 6.61 Å². The van der Waals surface area contributed by atoms with Gasteiger partial charge in [0, 0.05) is 5.02 Å². The number of aromatic nitrogens is 2. The Hall–Kier alpha value is -2.05. The van der Waals surface area contributed by atoms with Gasteiger partial charge in [-0.1, -0.05) is 17.7 Å². The van der Waals surface area contributed by atoms with E-state index >= 15 is 0 Å². The molecule has 0 N–H and O–H groups in total. The highest BCUT2D eigenvalue weighted by molar-refractivity contribution is 7.13. The SMILES string of the molecule is O=c1oc(-c2cccs2)nn1CCOc1ccc(Cl)cc1. The Balaban J connectivity index is 1.63. The summed E-state index contributed by atoms with van der Waals surface area (Å²) in [7, 11) is 0. The molecular formula is C14H11ClN2O3S. The van der Waals surface area contributed by atoms with Gasteiger partial charge in [-0.05, 0) is 35.7 Å². The van der Waals surface area contributed by atoms with Gasteiger partial charge in [0.2, 0.25) is 0 Å². The first kappa shape index (κ1) is 13.9. The van der Waals surface area contributed by atoms with Gasteiger partial charge in [0.15, 0.2) is 0 Å². The standard InChI is InChI=1S/C14H11ClN2O3S/c15-10-3-5-11(6-4-10)19-8-7-17-14(18)20-13(16-17)12-2-1-9-21-12/h1-6,9H,7-8H2. The van der Waals surface area contributed by atoms with Crippen molar-refractivity contribution in [1.82, 2.24) is 9.78 Å². The van der Waals surface area contributed by atoms with Crippen LogP contribution in [0.4, 0.5) is 0 Å². The predicted molar refractivity (Wildman–Crippen MR) is 81.0 cm³/mol. The zero-order valence-electron chi connectivity index (χ0n) is 10.9. The first-order valence-corrected chi connectivity index (χ1v) is 7.48. The molecule has 3 aromatic rings. The van der Waals surface area contributed by atoms with Crippen LogP contribution in [0.15, 0.2) is 51.0 Å². The maximum Gasteiger partial charge on any atom is 0.437 e. The van der Waals surface area contributed by atoms with Gasteiger partial charge in [-0.2, -0.15) is 4.68 Å². The van der Waals surface area contributed by atoms with E-state index in [1.165, 1.54) is 16.0 Å². The van der Waals surface area contributed by atoms with Gasteiger partial charge in [-0.25, -0.2) is 4.79 Å². The molecule has 0 radical (unpaired) electrons. The summed E-state index contributed by atoms with van der Waals surface area (Å²) < 4.78 is 11.9. The summed E-state index contributed by atoms with van der Waals surface area (Å²) in [6.45, 7) is 0.633. The molecule has 108 valence electrons. The molecule has 2 heterocycles. The normalized spacial score (nSPS) is 10.7. The molecule has 0 spiro atoms. The number of benzene rings is 1. The number of hydrogen-bond donors (Lipinski definition) is 0. The van der Waals surface area contributed by atoms with Crippen LogP contribution in [-0.2, 0) is 6.54 Å². The third-order valence-corrected chi connectivity index (χ3v) is 3.83. The lowest BCUT2D eigenvalue weighted by Gasteiger charge is -2.04. The summed E-state index contributed by atoms with van der Waals surface area (Å²) >= 11 is 7.26. The Morgan fingerprint density at radius 1 is 1.29 bits per heavy atom. The Bertz CT molecular complexity index is 762. The Kier molecular flexibility index (Phi) is 4.08. The number of nitrogens with zero attached hydrogens (tertiary/aromatic N) is 2. The van der Waals surface area contributed by atoms with E-state index in [9.17, 15) is 4.79 Å². The van der Waals surface area contributed by atoms with Crippen molar-refractivity contribution in [3.63, 3.8) is 0 Å². The quantitative estimate of drug-likeness (QED) is 0.723. The van der Waals surface area contributed by atoms with Crippen LogP contribution in [-0.4, -0.2) is 16.4 Å². The van der Waals surface area contributed by atoms with Gasteiger partial charge in [0.25, 0.3) is 5.89 Å². The highest BCUT2D eigenvalue weighted by Crippen LogP contribution is 2.21. The van der Waals surface area contributed by atoms with Crippen molar-refractivity contribution < 1.29 is 9.15 Å². The van der Waals surface area contributed by atoms with Gasteiger partial charge in [-0.3, -0.25) is 0 Å². The molecule has 0 aliphatic carbocycles. The fourth-order valence-electron chi connectivity index (χ4n) is 1.73. The summed E-state index contributed by atoms with van der Waals surface area (Å²) in [6, 6.07) is 10.8. The molecule has 0 saturated heterocycles. The molecular weight excluding hydrogens is 312 g/mol. The first-order valence-electron chi connectivity index (χ1n) is 6.22. The molecule has 0 fully saturated rings. The van der Waals surface area contributed by atoms with E-state index in [1.54, 1.807) is 24.3 Å². The molecule has 7 heteroatoms. The number of hydrogen-bond acceptors (Lipinski definition) is 5. The van der Waals surface area contributed by atoms with E-state index in [0.717, 1.165) is 4.88 Å². The maximum absolute atomic E-state index is 11.7. The highest BCUT2D eigenvalue weighted by Gasteiger charge is 2.10. The smallest absolute Gasteiger partial charge is 0.437 e. The third kappa shape index (κ3) is 3.34. The van der Waals surface area contributed by atoms with E-state index in [4.69, 9.17) is 20.8 Å². The van der Waals surface area contributed by atoms with Crippen molar-refractivity contribution in [2.24, 2.45) is 0 Å². The lowest BCUT2D eigenvalue weighted by molar-refractivity contribution is 0.285. The largest absolute Gasteiger partial charge is 0.492 e. The molecule has 3 rings (SSSR count). The second-order valence-corrected chi connectivity index (χ2v) is 5.56. The molecule has 21 heavy (non-hydrogen) atoms. The summed E-state index contributed by atoms with van der Waals surface area (Å²) in [5.41, 5.74) is 0. The van der Waals surface area contributed by atoms with Crippen LogP contribution in [0.25, 0.3) is 10.8 Å². The van der Waals surface area contributed by atoms with Crippen LogP contribution in [0.5, 0.6) is 5.75 Å². The van der Waals surface area contributed by atoms with Crippen LogP contribution in [0.1, 0.15) is 0 Å². The summed E-state index contributed by atoms with van der Waals surface area (Å²) in [5.74, 6) is 0.536.